The van der Waals surface area contributed by atoms with Crippen molar-refractivity contribution in [2.75, 3.05) is 11.1 Å². The molecule has 2 aromatic heterocycles. The van der Waals surface area contributed by atoms with Gasteiger partial charge in [0.25, 0.3) is 0 Å². The number of hydrogen-bond acceptors (Lipinski definition) is 7. The molecule has 100 valence electrons. The number of nitrogen functional groups attached to an aromatic ring is 1. The predicted molar refractivity (Wildman–Crippen MR) is 66.4 cm³/mol. The average Bonchev–Trinajstić information content (AvgIpc) is 3.01. The van der Waals surface area contributed by atoms with Gasteiger partial charge in [0.2, 0.25) is 11.6 Å². The van der Waals surface area contributed by atoms with Crippen LogP contribution in [0.2, 0.25) is 0 Å². The lowest BCUT2D eigenvalue weighted by molar-refractivity contribution is -0.121. The Morgan fingerprint density at radius 1 is 1.37 bits per heavy atom. The minimum Gasteiger partial charge on any atom is -0.469 e. The van der Waals surface area contributed by atoms with Crippen LogP contribution in [0.15, 0.2) is 27.4 Å². The number of anilines is 2. The van der Waals surface area contributed by atoms with Crippen LogP contribution >= 0.6 is 0 Å². The Hall–Kier alpha value is -2.31. The van der Waals surface area contributed by atoms with Crippen molar-refractivity contribution in [1.82, 2.24) is 10.3 Å². The quantitative estimate of drug-likeness (QED) is 0.864. The molecule has 2 aromatic rings. The second-order valence-corrected chi connectivity index (χ2v) is 4.73. The number of nitrogens with two attached hydrogens (primary N) is 1. The van der Waals surface area contributed by atoms with E-state index in [-0.39, 0.29) is 23.6 Å². The van der Waals surface area contributed by atoms with Gasteiger partial charge in [-0.3, -0.25) is 4.79 Å². The van der Waals surface area contributed by atoms with Crippen molar-refractivity contribution in [3.63, 3.8) is 0 Å². The zero-order valence-corrected chi connectivity index (χ0v) is 10.2. The van der Waals surface area contributed by atoms with Crippen molar-refractivity contribution in [3.8, 4) is 0 Å². The topological polar surface area (TPSA) is 107 Å². The minimum atomic E-state index is -0.0365. The number of ketones is 1. The Kier molecular flexibility index (Phi) is 2.94. The van der Waals surface area contributed by atoms with E-state index in [4.69, 9.17) is 10.2 Å². The Morgan fingerprint density at radius 3 is 2.95 bits per heavy atom. The van der Waals surface area contributed by atoms with Gasteiger partial charge in [-0.1, -0.05) is 0 Å². The number of hydrogen-bond donors (Lipinski definition) is 2. The maximum absolute atomic E-state index is 11.8. The van der Waals surface area contributed by atoms with Crippen LogP contribution in [-0.4, -0.2) is 22.1 Å². The summed E-state index contributed by atoms with van der Waals surface area (Å²) in [7, 11) is 0. The maximum atomic E-state index is 11.8. The third-order valence-electron chi connectivity index (χ3n) is 3.32. The molecule has 1 aliphatic carbocycles. The van der Waals surface area contributed by atoms with Crippen LogP contribution in [0.4, 0.5) is 11.6 Å². The highest BCUT2D eigenvalue weighted by molar-refractivity contribution is 5.81. The Balaban J connectivity index is 1.72. The van der Waals surface area contributed by atoms with Crippen LogP contribution in [0.25, 0.3) is 0 Å². The van der Waals surface area contributed by atoms with Crippen LogP contribution in [0.5, 0.6) is 0 Å². The van der Waals surface area contributed by atoms with E-state index >= 15 is 0 Å². The van der Waals surface area contributed by atoms with Crippen molar-refractivity contribution in [1.29, 1.82) is 0 Å². The lowest BCUT2D eigenvalue weighted by Gasteiger charge is -2.27. The summed E-state index contributed by atoms with van der Waals surface area (Å²) in [6, 6.07) is 3.69. The number of nitrogens with zero attached hydrogens (tertiary/aromatic N) is 2. The van der Waals surface area contributed by atoms with Gasteiger partial charge in [-0.25, -0.2) is 4.63 Å². The van der Waals surface area contributed by atoms with Crippen molar-refractivity contribution in [3.05, 3.63) is 24.2 Å². The van der Waals surface area contributed by atoms with E-state index in [9.17, 15) is 4.79 Å². The zero-order valence-electron chi connectivity index (χ0n) is 10.2. The van der Waals surface area contributed by atoms with Crippen LogP contribution < -0.4 is 11.1 Å². The van der Waals surface area contributed by atoms with Crippen molar-refractivity contribution in [2.24, 2.45) is 0 Å². The summed E-state index contributed by atoms with van der Waals surface area (Å²) >= 11 is 0. The first-order valence-electron chi connectivity index (χ1n) is 6.12. The fraction of sp³-hybridized carbons (Fsp3) is 0.417. The van der Waals surface area contributed by atoms with Crippen LogP contribution in [0, 0.1) is 0 Å². The molecule has 7 nitrogen and oxygen atoms in total. The second-order valence-electron chi connectivity index (χ2n) is 4.73. The van der Waals surface area contributed by atoms with Gasteiger partial charge in [0.15, 0.2) is 0 Å². The smallest absolute Gasteiger partial charge is 0.215 e. The molecule has 2 atom stereocenters. The van der Waals surface area contributed by atoms with E-state index in [1.807, 2.05) is 12.1 Å². The molecule has 0 saturated heterocycles. The van der Waals surface area contributed by atoms with Gasteiger partial charge in [0.05, 0.1) is 6.26 Å². The molecule has 0 spiro atoms. The number of furan rings is 1. The first-order valence-corrected chi connectivity index (χ1v) is 6.12. The molecule has 0 bridgehead atoms. The molecule has 1 fully saturated rings. The number of aromatic nitrogens is 2. The lowest BCUT2D eigenvalue weighted by atomic mass is 9.83. The Labute approximate surface area is 109 Å². The molecule has 1 aliphatic rings. The normalized spacial score (nSPS) is 23.5. The highest BCUT2D eigenvalue weighted by atomic mass is 16.6. The number of carbonyl (C=O) groups excluding carboxylic acids is 1. The average molecular weight is 262 g/mol. The number of carbonyl (C=O) groups is 1. The summed E-state index contributed by atoms with van der Waals surface area (Å²) in [6.45, 7) is 0. The van der Waals surface area contributed by atoms with Crippen LogP contribution in [0.1, 0.15) is 30.9 Å². The summed E-state index contributed by atoms with van der Waals surface area (Å²) in [4.78, 5) is 11.8. The predicted octanol–water partition coefficient (Wildman–Crippen LogP) is 1.56. The van der Waals surface area contributed by atoms with Gasteiger partial charge >= 0.3 is 0 Å². The van der Waals surface area contributed by atoms with E-state index < -0.39 is 0 Å². The van der Waals surface area contributed by atoms with Crippen LogP contribution in [0.3, 0.4) is 0 Å². The highest BCUT2D eigenvalue weighted by Gasteiger charge is 2.30. The van der Waals surface area contributed by atoms with Crippen LogP contribution in [-0.2, 0) is 4.79 Å². The molecule has 19 heavy (non-hydrogen) atoms. The van der Waals surface area contributed by atoms with Crippen molar-refractivity contribution in [2.45, 2.75) is 31.2 Å². The minimum absolute atomic E-state index is 0.0365. The fourth-order valence-electron chi connectivity index (χ4n) is 2.48. The monoisotopic (exact) mass is 262 g/mol. The highest BCUT2D eigenvalue weighted by Crippen LogP contribution is 2.33. The standard InChI is InChI=1S/C12H14N4O3/c13-11-12(16-19-15-11)14-8-4-7(5-9(17)6-8)10-2-1-3-18-10/h1-3,7-8H,4-6H2,(H2,13,15)(H,14,16)/t7-,8+/m1/s1. The van der Waals surface area contributed by atoms with E-state index in [2.05, 4.69) is 20.3 Å². The molecular formula is C12H14N4O3. The van der Waals surface area contributed by atoms with Gasteiger partial charge in [0.1, 0.15) is 11.5 Å². The van der Waals surface area contributed by atoms with Gasteiger partial charge < -0.3 is 15.5 Å². The van der Waals surface area contributed by atoms with E-state index in [1.165, 1.54) is 0 Å². The number of Topliss-reactive ketones (excluding diaryl/α,β-unsaturated/α-hetero) is 1. The Morgan fingerprint density at radius 2 is 2.26 bits per heavy atom. The third-order valence-corrected chi connectivity index (χ3v) is 3.32. The van der Waals surface area contributed by atoms with E-state index in [1.54, 1.807) is 6.26 Å². The number of nitrogens with one attached hydrogen (secondary N) is 1. The van der Waals surface area contributed by atoms with Gasteiger partial charge in [0, 0.05) is 24.8 Å². The Bertz CT molecular complexity index is 563. The number of rotatable bonds is 3. The third kappa shape index (κ3) is 2.44. The largest absolute Gasteiger partial charge is 0.469 e. The zero-order chi connectivity index (χ0) is 13.2. The van der Waals surface area contributed by atoms with Gasteiger partial charge in [-0.05, 0) is 28.9 Å². The molecule has 0 amide bonds. The first kappa shape index (κ1) is 11.8. The summed E-state index contributed by atoms with van der Waals surface area (Å²) < 4.78 is 9.90. The molecule has 3 rings (SSSR count). The first-order chi connectivity index (χ1) is 9.22. The molecule has 3 N–H and O–H groups in total. The summed E-state index contributed by atoms with van der Waals surface area (Å²) in [5.74, 6) is 1.71. The van der Waals surface area contributed by atoms with Gasteiger partial charge in [-0.2, -0.15) is 0 Å². The SMILES string of the molecule is Nc1nonc1N[C@@H]1CC(=O)C[C@H](c2ccco2)C1. The van der Waals surface area contributed by atoms with E-state index in [0.29, 0.717) is 18.7 Å². The van der Waals surface area contributed by atoms with Crippen molar-refractivity contribution < 1.29 is 13.8 Å². The summed E-state index contributed by atoms with van der Waals surface area (Å²) in [5.41, 5.74) is 5.59. The molecule has 7 heteroatoms. The van der Waals surface area contributed by atoms with Gasteiger partial charge in [-0.15, -0.1) is 0 Å². The lowest BCUT2D eigenvalue weighted by Crippen LogP contribution is -2.31. The molecule has 0 aromatic carbocycles. The summed E-state index contributed by atoms with van der Waals surface area (Å²) in [5, 5.41) is 10.3. The fourth-order valence-corrected chi connectivity index (χ4v) is 2.48. The summed E-state index contributed by atoms with van der Waals surface area (Å²) in [6.07, 6.45) is 3.36. The van der Waals surface area contributed by atoms with E-state index in [0.717, 1.165) is 12.2 Å². The molecule has 0 unspecified atom stereocenters. The second kappa shape index (κ2) is 4.75. The van der Waals surface area contributed by atoms with Crippen molar-refractivity contribution >= 4 is 17.4 Å². The molecule has 2 heterocycles. The molecule has 0 radical (unpaired) electrons. The molecule has 1 saturated carbocycles. The molecule has 0 aliphatic heterocycles. The maximum Gasteiger partial charge on any atom is 0.215 e. The molecular weight excluding hydrogens is 248 g/mol.